The monoisotopic (exact) mass is 1010 g/mol. The van der Waals surface area contributed by atoms with Crippen LogP contribution in [0.5, 0.6) is 5.88 Å². The molecule has 1 saturated carbocycles. The molecule has 72 heavy (non-hydrogen) atoms. The quantitative estimate of drug-likeness (QED) is 0.0981. The van der Waals surface area contributed by atoms with Crippen LogP contribution in [0.3, 0.4) is 0 Å². The summed E-state index contributed by atoms with van der Waals surface area (Å²) in [6.07, 6.45) is 8.13. The maximum absolute atomic E-state index is 14.4. The molecule has 2 fully saturated rings. The Kier molecular flexibility index (Phi) is 14.2. The Morgan fingerprint density at radius 1 is 0.931 bits per heavy atom. The van der Waals surface area contributed by atoms with E-state index < -0.39 is 35.6 Å². The molecule has 18 heteroatoms. The molecule has 9 rings (SSSR count). The van der Waals surface area contributed by atoms with Crippen LogP contribution in [0.2, 0.25) is 0 Å². The van der Waals surface area contributed by atoms with Crippen LogP contribution in [-0.2, 0) is 23.9 Å². The molecule has 3 N–H and O–H groups in total. The van der Waals surface area contributed by atoms with Gasteiger partial charge in [0.05, 0.1) is 41.4 Å². The number of carbonyl (C=O) groups is 4. The highest BCUT2D eigenvalue weighted by Crippen LogP contribution is 2.41. The fourth-order valence-corrected chi connectivity index (χ4v) is 12.3. The van der Waals surface area contributed by atoms with Gasteiger partial charge in [0.2, 0.25) is 23.6 Å². The van der Waals surface area contributed by atoms with Crippen molar-refractivity contribution >= 4 is 57.6 Å². The molecule has 3 amide bonds. The first-order chi connectivity index (χ1) is 34.3. The summed E-state index contributed by atoms with van der Waals surface area (Å²) < 4.78 is 13.3. The van der Waals surface area contributed by atoms with E-state index in [1.165, 1.54) is 12.0 Å². The number of esters is 1. The number of ether oxygens (including phenoxy) is 2. The maximum atomic E-state index is 14.4. The van der Waals surface area contributed by atoms with Crippen LogP contribution in [0, 0.1) is 50.9 Å². The van der Waals surface area contributed by atoms with Crippen molar-refractivity contribution in [2.45, 2.75) is 124 Å². The van der Waals surface area contributed by atoms with Gasteiger partial charge >= 0.3 is 5.97 Å². The Labute approximate surface area is 428 Å². The number of β-amino-alcohol motifs (C(OH)–C–C–N with tert-alkyl or cyclic N) is 1. The third kappa shape index (κ3) is 10.0. The lowest BCUT2D eigenvalue weighted by atomic mass is 9.80. The van der Waals surface area contributed by atoms with Crippen molar-refractivity contribution in [2.75, 3.05) is 13.7 Å². The number of thiophene rings is 1. The number of aliphatic hydroxyl groups is 1. The van der Waals surface area contributed by atoms with E-state index in [0.29, 0.717) is 24.5 Å². The van der Waals surface area contributed by atoms with Gasteiger partial charge in [-0.05, 0) is 81.6 Å². The molecule has 2 aliphatic heterocycles. The van der Waals surface area contributed by atoms with Gasteiger partial charge < -0.3 is 30.1 Å². The van der Waals surface area contributed by atoms with Crippen molar-refractivity contribution in [3.05, 3.63) is 110 Å². The fraction of sp³-hybridized carbons (Fsp3) is 0.463. The van der Waals surface area contributed by atoms with Gasteiger partial charge in [-0.25, -0.2) is 9.97 Å². The van der Waals surface area contributed by atoms with E-state index >= 15 is 0 Å². The normalized spacial score (nSPS) is 23.4. The minimum atomic E-state index is -0.928. The van der Waals surface area contributed by atoms with Crippen molar-refractivity contribution in [1.29, 1.82) is 0 Å². The van der Waals surface area contributed by atoms with E-state index in [-0.39, 0.29) is 67.1 Å². The van der Waals surface area contributed by atoms with E-state index in [1.54, 1.807) is 28.9 Å². The first kappa shape index (κ1) is 50.6. The highest BCUT2D eigenvalue weighted by Gasteiger charge is 2.47. The summed E-state index contributed by atoms with van der Waals surface area (Å²) in [4.78, 5) is 72.5. The first-order valence-corrected chi connectivity index (χ1v) is 26.3. The lowest BCUT2D eigenvalue weighted by Crippen LogP contribution is -2.60. The van der Waals surface area contributed by atoms with Crippen LogP contribution >= 0.6 is 22.7 Å². The number of fused-ring (bicyclic) bond motifs is 3. The van der Waals surface area contributed by atoms with Crippen molar-refractivity contribution in [2.24, 2.45) is 28.2 Å². The van der Waals surface area contributed by atoms with E-state index in [2.05, 4.69) is 69.8 Å². The van der Waals surface area contributed by atoms with Crippen molar-refractivity contribution in [1.82, 2.24) is 40.3 Å². The Balaban J connectivity index is 0.802. The number of methoxy groups -OCH3 is 1. The average molecular weight is 1010 g/mol. The highest BCUT2D eigenvalue weighted by molar-refractivity contribution is 7.15. The van der Waals surface area contributed by atoms with E-state index in [4.69, 9.17) is 14.5 Å². The van der Waals surface area contributed by atoms with Crippen LogP contribution < -0.4 is 15.4 Å². The summed E-state index contributed by atoms with van der Waals surface area (Å²) in [5, 5.41) is 26.7. The number of carbonyl (C=O) groups excluding carboxylic acids is 4. The van der Waals surface area contributed by atoms with Crippen LogP contribution in [0.25, 0.3) is 21.7 Å². The smallest absolute Gasteiger partial charge is 0.308 e. The molecule has 1 aromatic carbocycles. The van der Waals surface area contributed by atoms with Gasteiger partial charge in [0, 0.05) is 64.7 Å². The minimum absolute atomic E-state index is 0.00182. The van der Waals surface area contributed by atoms with Gasteiger partial charge in [-0.1, -0.05) is 70.2 Å². The Hall–Kier alpha value is -6.37. The van der Waals surface area contributed by atoms with Crippen LogP contribution in [-0.4, -0.2) is 108 Å². The predicted molar refractivity (Wildman–Crippen MR) is 277 cm³/mol. The molecular weight excluding hydrogens is 951 g/mol. The van der Waals surface area contributed by atoms with E-state index in [0.717, 1.165) is 65.4 Å². The summed E-state index contributed by atoms with van der Waals surface area (Å²) in [6.45, 7) is 17.8. The standard InChI is InChI=1S/C54H63N9O7S2/c1-27-19-35(47-30(4)56-26-71-47)15-17-40(27)29(3)57-51(67)42-22-38(64)25-62(42)52(68)48(54(7,8)9)59-50(66)37-20-39(21-37)70-43-18-16-36(24-55-43)33-11-13-34(14-12-33)46-45-28(2)31(5)72-53(45)63-32(6)60-61-49(63)41(58-46)23-44(65)69-10/h11-19,24,26-27,29,37-42,48,64H,20-23,25H2,1-10H3,(H,57,67)(H,59,66)/t27?,29-,37-,38+,39-,40?,41-,42-,48+/m0/s1. The Morgan fingerprint density at radius 2 is 1.65 bits per heavy atom. The number of aliphatic imine (C=N–C) groups is 1. The molecule has 6 heterocycles. The number of pyridine rings is 1. The summed E-state index contributed by atoms with van der Waals surface area (Å²) in [5.41, 5.74) is 8.87. The van der Waals surface area contributed by atoms with E-state index in [1.807, 2.05) is 88.0 Å². The van der Waals surface area contributed by atoms with Gasteiger partial charge in [0.15, 0.2) is 5.82 Å². The van der Waals surface area contributed by atoms with Crippen LogP contribution in [0.15, 0.2) is 71.3 Å². The number of amides is 3. The number of benzene rings is 1. The molecule has 378 valence electrons. The molecule has 2 aliphatic carbocycles. The van der Waals surface area contributed by atoms with Crippen molar-refractivity contribution in [3.63, 3.8) is 0 Å². The number of hydrogen-bond donors (Lipinski definition) is 3. The van der Waals surface area contributed by atoms with Crippen molar-refractivity contribution in [3.8, 4) is 22.0 Å². The predicted octanol–water partition coefficient (Wildman–Crippen LogP) is 7.60. The fourth-order valence-electron chi connectivity index (χ4n) is 10.2. The zero-order valence-electron chi connectivity index (χ0n) is 42.4. The molecule has 4 aliphatic rings. The average Bonchev–Trinajstić information content (AvgIpc) is 4.10. The summed E-state index contributed by atoms with van der Waals surface area (Å²) in [6, 6.07) is 9.25. The zero-order chi connectivity index (χ0) is 51.3. The summed E-state index contributed by atoms with van der Waals surface area (Å²) in [7, 11) is 1.37. The number of aromatic nitrogens is 5. The number of nitrogens with zero attached hydrogens (tertiary/aromatic N) is 7. The second-order valence-corrected chi connectivity index (χ2v) is 22.8. The highest BCUT2D eigenvalue weighted by atomic mass is 32.1. The lowest BCUT2D eigenvalue weighted by molar-refractivity contribution is -0.145. The van der Waals surface area contributed by atoms with E-state index in [9.17, 15) is 24.3 Å². The Bertz CT molecular complexity index is 2980. The third-order valence-electron chi connectivity index (χ3n) is 14.6. The molecular formula is C54H63N9O7S2. The van der Waals surface area contributed by atoms with Gasteiger partial charge in [-0.3, -0.25) is 28.7 Å². The lowest BCUT2D eigenvalue weighted by Gasteiger charge is -2.39. The SMILES string of the molecule is COC(=O)C[C@@H]1N=C(c2ccc(-c3ccc(O[C@H]4C[C@H](C(=O)N[C@H](C(=O)N5C[C@H](O)C[C@H]5C(=O)N[C@@H](C)C5C=CC(c6scnc6C)=CC5C)C(C)(C)C)C4)nc3)cc2)c2c(sc(C)c2C)-n2c(C)nnc21. The van der Waals surface area contributed by atoms with Crippen LogP contribution in [0.1, 0.15) is 110 Å². The number of likely N-dealkylation sites (tertiary alicyclic amines) is 1. The molecule has 16 nitrogen and oxygen atoms in total. The molecule has 5 aromatic rings. The maximum Gasteiger partial charge on any atom is 0.308 e. The van der Waals surface area contributed by atoms with Gasteiger partial charge in [0.25, 0.3) is 0 Å². The molecule has 2 unspecified atom stereocenters. The minimum Gasteiger partial charge on any atom is -0.474 e. The second kappa shape index (κ2) is 20.3. The van der Waals surface area contributed by atoms with Crippen LogP contribution in [0.4, 0.5) is 0 Å². The molecule has 1 saturated heterocycles. The first-order valence-electron chi connectivity index (χ1n) is 24.6. The van der Waals surface area contributed by atoms with Gasteiger partial charge in [0.1, 0.15) is 35.1 Å². The largest absolute Gasteiger partial charge is 0.474 e. The number of aliphatic hydroxyl groups excluding tert-OH is 1. The number of rotatable bonds is 13. The Morgan fingerprint density at radius 3 is 2.31 bits per heavy atom. The molecule has 0 radical (unpaired) electrons. The number of allylic oxidation sites excluding steroid dienone is 3. The zero-order valence-corrected chi connectivity index (χ0v) is 44.1. The number of thiazole rings is 1. The number of nitrogens with one attached hydrogen (secondary N) is 2. The number of hydrogen-bond acceptors (Lipinski definition) is 14. The second-order valence-electron chi connectivity index (χ2n) is 20.7. The van der Waals surface area contributed by atoms with Crippen molar-refractivity contribution < 1.29 is 33.8 Å². The van der Waals surface area contributed by atoms with Gasteiger partial charge in [-0.15, -0.1) is 32.9 Å². The molecule has 7 atom stereocenters. The molecule has 4 aromatic heterocycles. The molecule has 0 bridgehead atoms. The molecule has 0 spiro atoms. The van der Waals surface area contributed by atoms with Gasteiger partial charge in [-0.2, -0.15) is 0 Å². The summed E-state index contributed by atoms with van der Waals surface area (Å²) in [5.74, 6) is 0.212. The third-order valence-corrected chi connectivity index (χ3v) is 16.7. The topological polar surface area (TPSA) is 203 Å². The summed E-state index contributed by atoms with van der Waals surface area (Å²) >= 11 is 3.26. The number of aryl methyl sites for hydroxylation is 3.